The van der Waals surface area contributed by atoms with E-state index in [0.29, 0.717) is 24.5 Å². The van der Waals surface area contributed by atoms with Gasteiger partial charge in [-0.2, -0.15) is 0 Å². The molecule has 0 aliphatic carbocycles. The number of hydrogen-bond donors (Lipinski definition) is 0. The van der Waals surface area contributed by atoms with Gasteiger partial charge in [0.25, 0.3) is 0 Å². The van der Waals surface area contributed by atoms with Crippen LogP contribution in [0.5, 0.6) is 0 Å². The van der Waals surface area contributed by atoms with Gasteiger partial charge in [0.1, 0.15) is 0 Å². The van der Waals surface area contributed by atoms with Crippen molar-refractivity contribution in [3.63, 3.8) is 0 Å². The van der Waals surface area contributed by atoms with Crippen molar-refractivity contribution in [1.29, 1.82) is 0 Å². The molecule has 1 rings (SSSR count). The standard InChI is InChI=1S/C12H13F3O2/c1-7(2)3-4-17-12(16)8-5-9(13)11(15)10(14)6-8/h5-7H,3-4H2,1-2H3. The Hall–Kier alpha value is -1.52. The molecule has 0 aliphatic heterocycles. The number of hydrogen-bond acceptors (Lipinski definition) is 2. The molecule has 0 atom stereocenters. The molecule has 2 nitrogen and oxygen atoms in total. The van der Waals surface area contributed by atoms with Crippen molar-refractivity contribution in [2.24, 2.45) is 5.92 Å². The minimum atomic E-state index is -1.59. The van der Waals surface area contributed by atoms with Crippen molar-refractivity contribution < 1.29 is 22.7 Å². The summed E-state index contributed by atoms with van der Waals surface area (Å²) >= 11 is 0. The van der Waals surface area contributed by atoms with Gasteiger partial charge in [-0.05, 0) is 24.5 Å². The Morgan fingerprint density at radius 1 is 1.24 bits per heavy atom. The van der Waals surface area contributed by atoms with Crippen LogP contribution in [-0.4, -0.2) is 12.6 Å². The van der Waals surface area contributed by atoms with E-state index < -0.39 is 23.4 Å². The molecule has 0 aliphatic rings. The Morgan fingerprint density at radius 2 is 1.76 bits per heavy atom. The zero-order valence-corrected chi connectivity index (χ0v) is 9.60. The molecule has 1 aromatic rings. The van der Waals surface area contributed by atoms with Gasteiger partial charge in [-0.15, -0.1) is 0 Å². The zero-order valence-electron chi connectivity index (χ0n) is 9.60. The smallest absolute Gasteiger partial charge is 0.338 e. The molecule has 0 bridgehead atoms. The molecule has 0 amide bonds. The van der Waals surface area contributed by atoms with Crippen molar-refractivity contribution in [2.75, 3.05) is 6.61 Å². The van der Waals surface area contributed by atoms with Crippen LogP contribution in [0.15, 0.2) is 12.1 Å². The fourth-order valence-corrected chi connectivity index (χ4v) is 1.14. The fraction of sp³-hybridized carbons (Fsp3) is 0.417. The van der Waals surface area contributed by atoms with Crippen LogP contribution in [-0.2, 0) is 4.74 Å². The van der Waals surface area contributed by atoms with Gasteiger partial charge in [0.15, 0.2) is 17.5 Å². The summed E-state index contributed by atoms with van der Waals surface area (Å²) < 4.78 is 43.1. The second-order valence-electron chi connectivity index (χ2n) is 4.07. The van der Waals surface area contributed by atoms with E-state index >= 15 is 0 Å². The lowest BCUT2D eigenvalue weighted by Gasteiger charge is -2.07. The molecule has 0 unspecified atom stereocenters. The van der Waals surface area contributed by atoms with Crippen LogP contribution in [0.2, 0.25) is 0 Å². The Morgan fingerprint density at radius 3 is 2.24 bits per heavy atom. The lowest BCUT2D eigenvalue weighted by molar-refractivity contribution is 0.0486. The quantitative estimate of drug-likeness (QED) is 0.601. The molecule has 0 aromatic heterocycles. The predicted molar refractivity (Wildman–Crippen MR) is 56.1 cm³/mol. The van der Waals surface area contributed by atoms with E-state index in [2.05, 4.69) is 0 Å². The summed E-state index contributed by atoms with van der Waals surface area (Å²) in [5, 5.41) is 0. The maximum Gasteiger partial charge on any atom is 0.338 e. The summed E-state index contributed by atoms with van der Waals surface area (Å²) in [6, 6.07) is 1.24. The first-order valence-electron chi connectivity index (χ1n) is 5.23. The van der Waals surface area contributed by atoms with E-state index in [-0.39, 0.29) is 12.2 Å². The lowest BCUT2D eigenvalue weighted by Crippen LogP contribution is -2.09. The lowest BCUT2D eigenvalue weighted by atomic mass is 10.1. The third-order valence-electron chi connectivity index (χ3n) is 2.15. The molecule has 0 radical (unpaired) electrons. The molecule has 5 heteroatoms. The molecule has 0 heterocycles. The Bertz CT molecular complexity index is 393. The fourth-order valence-electron chi connectivity index (χ4n) is 1.14. The number of benzene rings is 1. The Labute approximate surface area is 97.4 Å². The second-order valence-corrected chi connectivity index (χ2v) is 4.07. The van der Waals surface area contributed by atoms with E-state index in [1.54, 1.807) is 0 Å². The number of ether oxygens (including phenoxy) is 1. The first kappa shape index (κ1) is 13.5. The summed E-state index contributed by atoms with van der Waals surface area (Å²) in [6.45, 7) is 4.06. The Balaban J connectivity index is 2.70. The molecule has 1 aromatic carbocycles. The van der Waals surface area contributed by atoms with Crippen LogP contribution in [0, 0.1) is 23.4 Å². The van der Waals surface area contributed by atoms with Gasteiger partial charge in [0.05, 0.1) is 12.2 Å². The number of halogens is 3. The second kappa shape index (κ2) is 5.70. The van der Waals surface area contributed by atoms with E-state index in [9.17, 15) is 18.0 Å². The van der Waals surface area contributed by atoms with E-state index in [0.717, 1.165) is 0 Å². The molecule has 0 spiro atoms. The molecule has 0 N–H and O–H groups in total. The monoisotopic (exact) mass is 246 g/mol. The minimum absolute atomic E-state index is 0.164. The molecular formula is C12H13F3O2. The van der Waals surface area contributed by atoms with Crippen LogP contribution in [0.25, 0.3) is 0 Å². The molecule has 17 heavy (non-hydrogen) atoms. The van der Waals surface area contributed by atoms with Gasteiger partial charge in [0, 0.05) is 0 Å². The van der Waals surface area contributed by atoms with Crippen molar-refractivity contribution >= 4 is 5.97 Å². The van der Waals surface area contributed by atoms with Gasteiger partial charge in [-0.3, -0.25) is 0 Å². The van der Waals surface area contributed by atoms with Gasteiger partial charge in [-0.25, -0.2) is 18.0 Å². The van der Waals surface area contributed by atoms with Crippen molar-refractivity contribution in [3.05, 3.63) is 35.1 Å². The average molecular weight is 246 g/mol. The van der Waals surface area contributed by atoms with E-state index in [4.69, 9.17) is 4.74 Å². The van der Waals surface area contributed by atoms with Crippen LogP contribution in [0.4, 0.5) is 13.2 Å². The third-order valence-corrected chi connectivity index (χ3v) is 2.15. The van der Waals surface area contributed by atoms with Crippen molar-refractivity contribution in [2.45, 2.75) is 20.3 Å². The minimum Gasteiger partial charge on any atom is -0.462 e. The molecule has 0 fully saturated rings. The highest BCUT2D eigenvalue weighted by atomic mass is 19.2. The zero-order chi connectivity index (χ0) is 13.0. The topological polar surface area (TPSA) is 26.3 Å². The average Bonchev–Trinajstić information content (AvgIpc) is 2.24. The van der Waals surface area contributed by atoms with Crippen molar-refractivity contribution in [3.8, 4) is 0 Å². The first-order valence-corrected chi connectivity index (χ1v) is 5.23. The Kier molecular flexibility index (Phi) is 4.54. The highest BCUT2D eigenvalue weighted by Gasteiger charge is 2.15. The van der Waals surface area contributed by atoms with Crippen LogP contribution < -0.4 is 0 Å². The van der Waals surface area contributed by atoms with Gasteiger partial charge >= 0.3 is 5.97 Å². The van der Waals surface area contributed by atoms with Crippen LogP contribution >= 0.6 is 0 Å². The number of carbonyl (C=O) groups excluding carboxylic acids is 1. The third kappa shape index (κ3) is 3.76. The molecule has 94 valence electrons. The highest BCUT2D eigenvalue weighted by molar-refractivity contribution is 5.89. The van der Waals surface area contributed by atoms with Crippen molar-refractivity contribution in [1.82, 2.24) is 0 Å². The maximum absolute atomic E-state index is 12.8. The summed E-state index contributed by atoms with van der Waals surface area (Å²) in [4.78, 5) is 11.4. The van der Waals surface area contributed by atoms with Crippen LogP contribution in [0.3, 0.4) is 0 Å². The highest BCUT2D eigenvalue weighted by Crippen LogP contribution is 2.14. The predicted octanol–water partition coefficient (Wildman–Crippen LogP) is 3.31. The normalized spacial score (nSPS) is 10.7. The number of rotatable bonds is 4. The largest absolute Gasteiger partial charge is 0.462 e. The number of esters is 1. The van der Waals surface area contributed by atoms with Crippen LogP contribution in [0.1, 0.15) is 30.6 Å². The molecule has 0 saturated carbocycles. The summed E-state index contributed by atoms with van der Waals surface area (Å²) in [6.07, 6.45) is 0.651. The summed E-state index contributed by atoms with van der Waals surface area (Å²) in [5.41, 5.74) is -0.329. The van der Waals surface area contributed by atoms with E-state index in [1.807, 2.05) is 13.8 Å². The summed E-state index contributed by atoms with van der Waals surface area (Å²) in [7, 11) is 0. The maximum atomic E-state index is 12.8. The molecule has 0 saturated heterocycles. The summed E-state index contributed by atoms with van der Waals surface area (Å²) in [5.74, 6) is -4.90. The van der Waals surface area contributed by atoms with Gasteiger partial charge in [0.2, 0.25) is 0 Å². The van der Waals surface area contributed by atoms with Gasteiger partial charge < -0.3 is 4.74 Å². The van der Waals surface area contributed by atoms with Gasteiger partial charge in [-0.1, -0.05) is 13.8 Å². The first-order chi connectivity index (χ1) is 7.91. The molecular weight excluding hydrogens is 233 g/mol. The SMILES string of the molecule is CC(C)CCOC(=O)c1cc(F)c(F)c(F)c1. The van der Waals surface area contributed by atoms with E-state index in [1.165, 1.54) is 0 Å². The number of carbonyl (C=O) groups is 1.